The number of nitrogens with one attached hydrogen (secondary N) is 1. The Labute approximate surface area is 124 Å². The van der Waals surface area contributed by atoms with Crippen molar-refractivity contribution in [3.05, 3.63) is 0 Å². The van der Waals surface area contributed by atoms with E-state index in [2.05, 4.69) is 24.1 Å². The maximum absolute atomic E-state index is 9.88. The molecule has 0 bridgehead atoms. The third-order valence-corrected chi connectivity index (χ3v) is 4.82. The molecule has 0 aromatic carbocycles. The molecule has 4 nitrogen and oxygen atoms in total. The van der Waals surface area contributed by atoms with E-state index in [0.717, 1.165) is 45.6 Å². The topological polar surface area (TPSA) is 44.7 Å². The molecule has 0 aromatic rings. The van der Waals surface area contributed by atoms with Crippen molar-refractivity contribution in [3.8, 4) is 0 Å². The first-order valence-corrected chi connectivity index (χ1v) is 8.29. The highest BCUT2D eigenvalue weighted by atomic mass is 16.5. The predicted octanol–water partition coefficient (Wildman–Crippen LogP) is 1.88. The molecule has 1 aliphatic rings. The number of likely N-dealkylation sites (N-methyl/N-ethyl adjacent to an activating group) is 1. The van der Waals surface area contributed by atoms with Crippen LogP contribution in [0.15, 0.2) is 0 Å². The molecule has 0 spiro atoms. The Morgan fingerprint density at radius 3 is 2.75 bits per heavy atom. The van der Waals surface area contributed by atoms with Crippen molar-refractivity contribution in [2.24, 2.45) is 5.92 Å². The molecule has 120 valence electrons. The second-order valence-corrected chi connectivity index (χ2v) is 6.05. The molecule has 2 atom stereocenters. The fraction of sp³-hybridized carbons (Fsp3) is 1.00. The van der Waals surface area contributed by atoms with E-state index in [1.54, 1.807) is 7.11 Å². The van der Waals surface area contributed by atoms with Gasteiger partial charge >= 0.3 is 0 Å². The zero-order valence-electron chi connectivity index (χ0n) is 13.7. The largest absolute Gasteiger partial charge is 0.394 e. The van der Waals surface area contributed by atoms with Gasteiger partial charge in [-0.15, -0.1) is 0 Å². The summed E-state index contributed by atoms with van der Waals surface area (Å²) in [6.45, 7) is 9.68. The van der Waals surface area contributed by atoms with Crippen LogP contribution in [0.2, 0.25) is 0 Å². The minimum atomic E-state index is -0.0172. The summed E-state index contributed by atoms with van der Waals surface area (Å²) >= 11 is 0. The lowest BCUT2D eigenvalue weighted by atomic mass is 9.85. The molecule has 0 saturated heterocycles. The summed E-state index contributed by atoms with van der Waals surface area (Å²) in [6, 6.07) is 0. The normalized spacial score (nSPS) is 26.6. The van der Waals surface area contributed by atoms with Crippen LogP contribution in [0.1, 0.15) is 46.0 Å². The highest BCUT2D eigenvalue weighted by molar-refractivity contribution is 4.99. The van der Waals surface area contributed by atoms with Crippen LogP contribution in [0.4, 0.5) is 0 Å². The van der Waals surface area contributed by atoms with Gasteiger partial charge in [-0.2, -0.15) is 0 Å². The van der Waals surface area contributed by atoms with Crippen molar-refractivity contribution in [2.45, 2.75) is 51.5 Å². The van der Waals surface area contributed by atoms with E-state index in [0.29, 0.717) is 5.92 Å². The number of rotatable bonds is 11. The van der Waals surface area contributed by atoms with Gasteiger partial charge in [-0.1, -0.05) is 20.3 Å². The Morgan fingerprint density at radius 1 is 1.35 bits per heavy atom. The van der Waals surface area contributed by atoms with Crippen molar-refractivity contribution in [3.63, 3.8) is 0 Å². The van der Waals surface area contributed by atoms with E-state index in [-0.39, 0.29) is 12.1 Å². The van der Waals surface area contributed by atoms with Gasteiger partial charge in [0.1, 0.15) is 0 Å². The molecule has 0 aromatic heterocycles. The van der Waals surface area contributed by atoms with Crippen molar-refractivity contribution >= 4 is 0 Å². The molecule has 1 saturated carbocycles. The van der Waals surface area contributed by atoms with Crippen molar-refractivity contribution in [1.29, 1.82) is 0 Å². The van der Waals surface area contributed by atoms with E-state index in [9.17, 15) is 5.11 Å². The standard InChI is InChI=1S/C16H34N2O2/c1-4-10-17-16(14-19)9-6-7-15(16)8-11-18(5-2)12-13-20-3/h15,17,19H,4-14H2,1-3H3. The molecule has 1 aliphatic carbocycles. The van der Waals surface area contributed by atoms with Gasteiger partial charge in [-0.05, 0) is 51.2 Å². The van der Waals surface area contributed by atoms with Crippen LogP contribution >= 0.6 is 0 Å². The first-order valence-electron chi connectivity index (χ1n) is 8.29. The second-order valence-electron chi connectivity index (χ2n) is 6.05. The third-order valence-electron chi connectivity index (χ3n) is 4.82. The Hall–Kier alpha value is -0.160. The van der Waals surface area contributed by atoms with Gasteiger partial charge in [0.25, 0.3) is 0 Å². The number of aliphatic hydroxyl groups excluding tert-OH is 1. The van der Waals surface area contributed by atoms with E-state index in [4.69, 9.17) is 4.74 Å². The SMILES string of the molecule is CCCNC1(CO)CCCC1CCN(CC)CCOC. The summed E-state index contributed by atoms with van der Waals surface area (Å²) in [5.74, 6) is 0.607. The number of nitrogens with zero attached hydrogens (tertiary/aromatic N) is 1. The highest BCUT2D eigenvalue weighted by Gasteiger charge is 2.41. The second kappa shape index (κ2) is 9.72. The molecule has 0 heterocycles. The first kappa shape index (κ1) is 17.9. The lowest BCUT2D eigenvalue weighted by Crippen LogP contribution is -2.52. The molecule has 1 fully saturated rings. The van der Waals surface area contributed by atoms with Gasteiger partial charge in [-0.3, -0.25) is 0 Å². The molecule has 0 aliphatic heterocycles. The van der Waals surface area contributed by atoms with Gasteiger partial charge in [-0.25, -0.2) is 0 Å². The quantitative estimate of drug-likeness (QED) is 0.609. The van der Waals surface area contributed by atoms with Gasteiger partial charge in [0.2, 0.25) is 0 Å². The average molecular weight is 286 g/mol. The van der Waals surface area contributed by atoms with E-state index in [1.165, 1.54) is 19.3 Å². The predicted molar refractivity (Wildman–Crippen MR) is 84.1 cm³/mol. The molecular weight excluding hydrogens is 252 g/mol. The lowest BCUT2D eigenvalue weighted by Gasteiger charge is -2.36. The van der Waals surface area contributed by atoms with Crippen molar-refractivity contribution in [1.82, 2.24) is 10.2 Å². The van der Waals surface area contributed by atoms with E-state index in [1.807, 2.05) is 0 Å². The number of ether oxygens (including phenoxy) is 1. The molecule has 20 heavy (non-hydrogen) atoms. The van der Waals surface area contributed by atoms with Crippen molar-refractivity contribution in [2.75, 3.05) is 46.5 Å². The van der Waals surface area contributed by atoms with Crippen LogP contribution in [0.3, 0.4) is 0 Å². The monoisotopic (exact) mass is 286 g/mol. The summed E-state index contributed by atoms with van der Waals surface area (Å²) in [7, 11) is 1.76. The minimum absolute atomic E-state index is 0.0172. The molecule has 2 N–H and O–H groups in total. The third kappa shape index (κ3) is 4.99. The van der Waals surface area contributed by atoms with Crippen LogP contribution in [0, 0.1) is 5.92 Å². The summed E-state index contributed by atoms with van der Waals surface area (Å²) in [6.07, 6.45) is 5.92. The molecule has 0 radical (unpaired) electrons. The number of aliphatic hydroxyl groups is 1. The van der Waals surface area contributed by atoms with Crippen LogP contribution in [0.5, 0.6) is 0 Å². The number of hydrogen-bond donors (Lipinski definition) is 2. The van der Waals surface area contributed by atoms with Gasteiger partial charge in [0.05, 0.1) is 13.2 Å². The smallest absolute Gasteiger partial charge is 0.0616 e. The van der Waals surface area contributed by atoms with Gasteiger partial charge < -0.3 is 20.1 Å². The van der Waals surface area contributed by atoms with Crippen LogP contribution in [-0.2, 0) is 4.74 Å². The van der Waals surface area contributed by atoms with Crippen LogP contribution < -0.4 is 5.32 Å². The van der Waals surface area contributed by atoms with Crippen LogP contribution in [0.25, 0.3) is 0 Å². The Kier molecular flexibility index (Phi) is 8.69. The first-order chi connectivity index (χ1) is 9.72. The number of hydrogen-bond acceptors (Lipinski definition) is 4. The zero-order valence-corrected chi connectivity index (χ0v) is 13.7. The molecule has 4 heteroatoms. The summed E-state index contributed by atoms with van der Waals surface area (Å²) in [4.78, 5) is 2.45. The average Bonchev–Trinajstić information content (AvgIpc) is 2.89. The fourth-order valence-electron chi connectivity index (χ4n) is 3.42. The fourth-order valence-corrected chi connectivity index (χ4v) is 3.42. The Morgan fingerprint density at radius 2 is 2.15 bits per heavy atom. The van der Waals surface area contributed by atoms with Gasteiger partial charge in [0, 0.05) is 19.2 Å². The van der Waals surface area contributed by atoms with Crippen LogP contribution in [-0.4, -0.2) is 62.0 Å². The molecule has 2 unspecified atom stereocenters. The van der Waals surface area contributed by atoms with E-state index >= 15 is 0 Å². The highest BCUT2D eigenvalue weighted by Crippen LogP contribution is 2.37. The molecular formula is C16H34N2O2. The maximum atomic E-state index is 9.88. The Bertz CT molecular complexity index is 251. The molecule has 0 amide bonds. The van der Waals surface area contributed by atoms with E-state index < -0.39 is 0 Å². The lowest BCUT2D eigenvalue weighted by molar-refractivity contribution is 0.104. The number of methoxy groups -OCH3 is 1. The zero-order chi connectivity index (χ0) is 14.8. The Balaban J connectivity index is 2.46. The maximum Gasteiger partial charge on any atom is 0.0616 e. The minimum Gasteiger partial charge on any atom is -0.394 e. The summed E-state index contributed by atoms with van der Waals surface area (Å²) in [5, 5.41) is 13.5. The summed E-state index contributed by atoms with van der Waals surface area (Å²) in [5.41, 5.74) is -0.0172. The van der Waals surface area contributed by atoms with Crippen molar-refractivity contribution < 1.29 is 9.84 Å². The summed E-state index contributed by atoms with van der Waals surface area (Å²) < 4.78 is 5.17. The molecule has 1 rings (SSSR count). The van der Waals surface area contributed by atoms with Gasteiger partial charge in [0.15, 0.2) is 0 Å².